The van der Waals surface area contributed by atoms with Crippen LogP contribution in [-0.2, 0) is 10.0 Å². The minimum atomic E-state index is -5.24. The molecule has 8 heteroatoms. The smallest absolute Gasteiger partial charge is 0.330 e. The van der Waals surface area contributed by atoms with Gasteiger partial charge in [-0.25, -0.2) is 13.1 Å². The van der Waals surface area contributed by atoms with Gasteiger partial charge in [0.2, 0.25) is 0 Å². The number of hydrogen-bond donors (Lipinski definition) is 2. The summed E-state index contributed by atoms with van der Waals surface area (Å²) in [7, 11) is -5.23. The average Bonchev–Trinajstić information content (AvgIpc) is 2.59. The van der Waals surface area contributed by atoms with Crippen LogP contribution >= 0.6 is 0 Å². The second kappa shape index (κ2) is 5.34. The van der Waals surface area contributed by atoms with E-state index in [1.54, 1.807) is 4.72 Å². The lowest BCUT2D eigenvalue weighted by Gasteiger charge is -2.27. The first-order valence-corrected chi connectivity index (χ1v) is 7.36. The molecule has 1 rings (SSSR count). The van der Waals surface area contributed by atoms with Crippen molar-refractivity contribution in [2.45, 2.75) is 38.1 Å². The molecule has 0 radical (unpaired) electrons. The molecule has 18 heavy (non-hydrogen) atoms. The van der Waals surface area contributed by atoms with Crippen LogP contribution in [0.15, 0.2) is 0 Å². The molecule has 3 N–H and O–H groups in total. The predicted molar refractivity (Wildman–Crippen MR) is 62.1 cm³/mol. The number of nitrogens with one attached hydrogen (secondary N) is 1. The van der Waals surface area contributed by atoms with E-state index in [9.17, 15) is 21.6 Å². The van der Waals surface area contributed by atoms with E-state index in [0.29, 0.717) is 18.9 Å². The number of sulfonamides is 1. The van der Waals surface area contributed by atoms with E-state index in [0.717, 1.165) is 19.3 Å². The third-order valence-electron chi connectivity index (χ3n) is 3.63. The van der Waals surface area contributed by atoms with Crippen LogP contribution in [0.25, 0.3) is 0 Å². The first kappa shape index (κ1) is 15.7. The maximum Gasteiger partial charge on any atom is 0.511 e. The van der Waals surface area contributed by atoms with E-state index < -0.39 is 15.5 Å². The Morgan fingerprint density at radius 1 is 1.44 bits per heavy atom. The second-order valence-electron chi connectivity index (χ2n) is 5.15. The Bertz CT molecular complexity index is 383. The summed E-state index contributed by atoms with van der Waals surface area (Å²) in [6, 6.07) is 0. The van der Waals surface area contributed by atoms with Gasteiger partial charge in [0.25, 0.3) is 0 Å². The normalized spacial score (nSPS) is 29.7. The Labute approximate surface area is 105 Å². The van der Waals surface area contributed by atoms with Crippen molar-refractivity contribution in [2.24, 2.45) is 17.1 Å². The topological polar surface area (TPSA) is 72.2 Å². The Hall–Kier alpha value is -0.340. The number of halogens is 3. The molecule has 4 nitrogen and oxygen atoms in total. The van der Waals surface area contributed by atoms with Gasteiger partial charge < -0.3 is 5.73 Å². The van der Waals surface area contributed by atoms with Crippen LogP contribution in [0.2, 0.25) is 0 Å². The summed E-state index contributed by atoms with van der Waals surface area (Å²) >= 11 is 0. The van der Waals surface area contributed by atoms with E-state index in [1.807, 2.05) is 0 Å². The highest BCUT2D eigenvalue weighted by atomic mass is 32.2. The molecular weight excluding hydrogens is 269 g/mol. The molecule has 0 aliphatic heterocycles. The molecule has 1 fully saturated rings. The molecule has 2 atom stereocenters. The molecule has 0 aromatic rings. The lowest BCUT2D eigenvalue weighted by Crippen LogP contribution is -2.39. The molecule has 0 aromatic carbocycles. The molecule has 0 heterocycles. The van der Waals surface area contributed by atoms with Crippen molar-refractivity contribution in [1.82, 2.24) is 4.72 Å². The molecule has 0 bridgehead atoms. The number of hydrogen-bond acceptors (Lipinski definition) is 3. The van der Waals surface area contributed by atoms with Gasteiger partial charge in [0.05, 0.1) is 0 Å². The fourth-order valence-corrected chi connectivity index (χ4v) is 3.08. The van der Waals surface area contributed by atoms with Gasteiger partial charge in [-0.1, -0.05) is 13.3 Å². The summed E-state index contributed by atoms with van der Waals surface area (Å²) in [5, 5.41) is 0. The van der Waals surface area contributed by atoms with Crippen molar-refractivity contribution in [2.75, 3.05) is 13.1 Å². The zero-order valence-electron chi connectivity index (χ0n) is 10.3. The summed E-state index contributed by atoms with van der Waals surface area (Å²) in [6.07, 6.45) is 3.03. The van der Waals surface area contributed by atoms with Crippen molar-refractivity contribution in [3.05, 3.63) is 0 Å². The van der Waals surface area contributed by atoms with Gasteiger partial charge >= 0.3 is 15.5 Å². The largest absolute Gasteiger partial charge is 0.511 e. The maximum atomic E-state index is 12.1. The minimum Gasteiger partial charge on any atom is -0.330 e. The lowest BCUT2D eigenvalue weighted by molar-refractivity contribution is -0.0448. The molecule has 0 aromatic heterocycles. The third-order valence-corrected chi connectivity index (χ3v) is 4.83. The summed E-state index contributed by atoms with van der Waals surface area (Å²) in [6.45, 7) is 2.23. The Morgan fingerprint density at radius 2 is 2.06 bits per heavy atom. The lowest BCUT2D eigenvalue weighted by atomic mass is 9.82. The van der Waals surface area contributed by atoms with E-state index in [-0.39, 0.29) is 12.0 Å². The Kier molecular flexibility index (Phi) is 4.66. The molecule has 1 saturated carbocycles. The molecule has 0 saturated heterocycles. The van der Waals surface area contributed by atoms with Crippen molar-refractivity contribution in [3.8, 4) is 0 Å². The third kappa shape index (κ3) is 3.58. The van der Waals surface area contributed by atoms with Crippen LogP contribution in [0.5, 0.6) is 0 Å². The minimum absolute atomic E-state index is 0.215. The highest BCUT2D eigenvalue weighted by Gasteiger charge is 2.46. The quantitative estimate of drug-likeness (QED) is 0.807. The fraction of sp³-hybridized carbons (Fsp3) is 1.00. The molecule has 108 valence electrons. The van der Waals surface area contributed by atoms with Gasteiger partial charge in [-0.05, 0) is 37.1 Å². The van der Waals surface area contributed by atoms with Gasteiger partial charge in [-0.2, -0.15) is 13.2 Å². The van der Waals surface area contributed by atoms with Crippen LogP contribution in [-0.4, -0.2) is 27.0 Å². The van der Waals surface area contributed by atoms with E-state index >= 15 is 0 Å². The van der Waals surface area contributed by atoms with Crippen LogP contribution in [0.4, 0.5) is 13.2 Å². The highest BCUT2D eigenvalue weighted by Crippen LogP contribution is 2.43. The SMILES string of the molecule is CC1CCC(CN)(CCNS(=O)(=O)C(F)(F)F)C1. The Morgan fingerprint density at radius 3 is 2.44 bits per heavy atom. The summed E-state index contributed by atoms with van der Waals surface area (Å²) in [5.41, 5.74) is 0.208. The number of rotatable bonds is 5. The molecular formula is C10H19F3N2O2S. The van der Waals surface area contributed by atoms with Crippen molar-refractivity contribution < 1.29 is 21.6 Å². The van der Waals surface area contributed by atoms with Crippen LogP contribution < -0.4 is 10.5 Å². The number of alkyl halides is 3. The zero-order valence-corrected chi connectivity index (χ0v) is 11.1. The van der Waals surface area contributed by atoms with Gasteiger partial charge in [0, 0.05) is 6.54 Å². The van der Waals surface area contributed by atoms with Crippen LogP contribution in [0, 0.1) is 11.3 Å². The van der Waals surface area contributed by atoms with E-state index in [4.69, 9.17) is 5.73 Å². The molecule has 2 unspecified atom stereocenters. The van der Waals surface area contributed by atoms with Gasteiger partial charge in [-0.3, -0.25) is 0 Å². The monoisotopic (exact) mass is 288 g/mol. The standard InChI is InChI=1S/C10H19F3N2O2S/c1-8-2-3-9(6-8,7-14)4-5-15-18(16,17)10(11,12)13/h8,15H,2-7,14H2,1H3. The first-order valence-electron chi connectivity index (χ1n) is 5.88. The first-order chi connectivity index (χ1) is 8.12. The maximum absolute atomic E-state index is 12.1. The average molecular weight is 288 g/mol. The van der Waals surface area contributed by atoms with Crippen LogP contribution in [0.3, 0.4) is 0 Å². The molecule has 1 aliphatic carbocycles. The van der Waals surface area contributed by atoms with Crippen molar-refractivity contribution in [1.29, 1.82) is 0 Å². The second-order valence-corrected chi connectivity index (χ2v) is 6.90. The highest BCUT2D eigenvalue weighted by molar-refractivity contribution is 7.90. The zero-order chi connectivity index (χ0) is 14.0. The fourth-order valence-electron chi connectivity index (χ4n) is 2.54. The molecule has 0 amide bonds. The van der Waals surface area contributed by atoms with Gasteiger partial charge in [0.15, 0.2) is 0 Å². The van der Waals surface area contributed by atoms with E-state index in [2.05, 4.69) is 6.92 Å². The van der Waals surface area contributed by atoms with Gasteiger partial charge in [-0.15, -0.1) is 0 Å². The predicted octanol–water partition coefficient (Wildman–Crippen LogP) is 1.58. The van der Waals surface area contributed by atoms with Crippen molar-refractivity contribution >= 4 is 10.0 Å². The van der Waals surface area contributed by atoms with Gasteiger partial charge in [0.1, 0.15) is 0 Å². The number of nitrogens with two attached hydrogens (primary N) is 1. The van der Waals surface area contributed by atoms with Crippen molar-refractivity contribution in [3.63, 3.8) is 0 Å². The molecule has 0 spiro atoms. The summed E-state index contributed by atoms with van der Waals surface area (Å²) < 4.78 is 59.5. The summed E-state index contributed by atoms with van der Waals surface area (Å²) in [4.78, 5) is 0. The molecule has 1 aliphatic rings. The van der Waals surface area contributed by atoms with E-state index in [1.165, 1.54) is 0 Å². The summed E-state index contributed by atoms with van der Waals surface area (Å²) in [5.74, 6) is 0.493. The Balaban J connectivity index is 2.51. The van der Waals surface area contributed by atoms with Crippen LogP contribution in [0.1, 0.15) is 32.6 Å².